The Morgan fingerprint density at radius 2 is 2.24 bits per heavy atom. The number of carbonyl (C=O) groups excluding carboxylic acids is 1. The molecule has 21 heavy (non-hydrogen) atoms. The summed E-state index contributed by atoms with van der Waals surface area (Å²) in [7, 11) is 0. The molecule has 0 aliphatic carbocycles. The number of aliphatic hydroxyl groups excluding tert-OH is 1. The van der Waals surface area contributed by atoms with Crippen LogP contribution in [-0.4, -0.2) is 47.3 Å². The van der Waals surface area contributed by atoms with Crippen molar-refractivity contribution in [2.75, 3.05) is 19.7 Å². The van der Waals surface area contributed by atoms with Crippen LogP contribution in [0.1, 0.15) is 30.4 Å². The van der Waals surface area contributed by atoms with Gasteiger partial charge < -0.3 is 14.7 Å². The number of likely N-dealkylation sites (tertiary alicyclic amines) is 1. The van der Waals surface area contributed by atoms with Crippen molar-refractivity contribution in [1.29, 1.82) is 0 Å². The maximum atomic E-state index is 12.4. The van der Waals surface area contributed by atoms with Crippen LogP contribution in [0.2, 0.25) is 0 Å². The van der Waals surface area contributed by atoms with Gasteiger partial charge >= 0.3 is 0 Å². The highest BCUT2D eigenvalue weighted by Gasteiger charge is 2.46. The van der Waals surface area contributed by atoms with Crippen LogP contribution in [0.3, 0.4) is 0 Å². The first kappa shape index (κ1) is 14.5. The fourth-order valence-corrected chi connectivity index (χ4v) is 3.45. The molecule has 4 heteroatoms. The van der Waals surface area contributed by atoms with Crippen LogP contribution < -0.4 is 0 Å². The topological polar surface area (TPSA) is 49.8 Å². The summed E-state index contributed by atoms with van der Waals surface area (Å²) < 4.78 is 5.77. The van der Waals surface area contributed by atoms with Crippen LogP contribution >= 0.6 is 0 Å². The molecule has 3 rings (SSSR count). The van der Waals surface area contributed by atoms with E-state index in [1.807, 2.05) is 31.2 Å². The highest BCUT2D eigenvalue weighted by Crippen LogP contribution is 2.36. The monoisotopic (exact) mass is 289 g/mol. The van der Waals surface area contributed by atoms with Gasteiger partial charge in [0, 0.05) is 19.7 Å². The van der Waals surface area contributed by atoms with Crippen LogP contribution in [0.5, 0.6) is 0 Å². The largest absolute Gasteiger partial charge is 0.388 e. The summed E-state index contributed by atoms with van der Waals surface area (Å²) in [5.41, 5.74) is 1.81. The molecule has 2 heterocycles. The van der Waals surface area contributed by atoms with Crippen LogP contribution in [0.25, 0.3) is 0 Å². The maximum Gasteiger partial charge on any atom is 0.227 e. The van der Waals surface area contributed by atoms with Crippen molar-refractivity contribution >= 4 is 5.91 Å². The highest BCUT2D eigenvalue weighted by molar-refractivity contribution is 5.79. The lowest BCUT2D eigenvalue weighted by atomic mass is 9.86. The molecule has 1 N–H and O–H groups in total. The summed E-state index contributed by atoms with van der Waals surface area (Å²) in [6.07, 6.45) is 2.51. The molecule has 1 amide bonds. The summed E-state index contributed by atoms with van der Waals surface area (Å²) in [6.45, 7) is 3.83. The molecule has 114 valence electrons. The van der Waals surface area contributed by atoms with Gasteiger partial charge in [-0.05, 0) is 37.3 Å². The number of nitrogens with zero attached hydrogens (tertiary/aromatic N) is 1. The molecule has 0 saturated carbocycles. The molecular formula is C17H23NO3. The number of amides is 1. The van der Waals surface area contributed by atoms with Gasteiger partial charge in [0.25, 0.3) is 0 Å². The lowest BCUT2D eigenvalue weighted by Gasteiger charge is -2.42. The Morgan fingerprint density at radius 3 is 2.90 bits per heavy atom. The number of piperidine rings is 1. The standard InChI is InChI=1S/C17H23NO3/c1-13-5-2-3-6-14(13)11-16(20)18-9-8-17(15(19)12-18)7-4-10-21-17/h2-3,5-6,15,19H,4,7-12H2,1H3/t15-,17-/m0/s1. The third kappa shape index (κ3) is 2.83. The predicted octanol–water partition coefficient (Wildman–Crippen LogP) is 1.68. The smallest absolute Gasteiger partial charge is 0.227 e. The Hall–Kier alpha value is -1.39. The van der Waals surface area contributed by atoms with Gasteiger partial charge in [-0.2, -0.15) is 0 Å². The second-order valence-corrected chi connectivity index (χ2v) is 6.23. The average Bonchev–Trinajstić information content (AvgIpc) is 2.94. The van der Waals surface area contributed by atoms with Crippen molar-refractivity contribution in [3.63, 3.8) is 0 Å². The van der Waals surface area contributed by atoms with E-state index in [1.165, 1.54) is 0 Å². The fraction of sp³-hybridized carbons (Fsp3) is 0.588. The predicted molar refractivity (Wildman–Crippen MR) is 80.0 cm³/mol. The Bertz CT molecular complexity index is 523. The fourth-order valence-electron chi connectivity index (χ4n) is 3.45. The van der Waals surface area contributed by atoms with E-state index in [1.54, 1.807) is 4.90 Å². The van der Waals surface area contributed by atoms with Gasteiger partial charge in [0.05, 0.1) is 12.0 Å². The molecule has 0 radical (unpaired) electrons. The number of ether oxygens (including phenoxy) is 1. The van der Waals surface area contributed by atoms with Gasteiger partial charge in [-0.25, -0.2) is 0 Å². The Kier molecular flexibility index (Phi) is 4.00. The Morgan fingerprint density at radius 1 is 1.43 bits per heavy atom. The van der Waals surface area contributed by atoms with E-state index in [0.717, 1.165) is 37.0 Å². The number of carbonyl (C=O) groups is 1. The third-order valence-corrected chi connectivity index (χ3v) is 4.89. The summed E-state index contributed by atoms with van der Waals surface area (Å²) >= 11 is 0. The third-order valence-electron chi connectivity index (χ3n) is 4.89. The average molecular weight is 289 g/mol. The van der Waals surface area contributed by atoms with E-state index in [-0.39, 0.29) is 11.5 Å². The highest BCUT2D eigenvalue weighted by atomic mass is 16.5. The molecule has 0 bridgehead atoms. The first-order valence-corrected chi connectivity index (χ1v) is 7.75. The second-order valence-electron chi connectivity index (χ2n) is 6.23. The molecular weight excluding hydrogens is 266 g/mol. The minimum Gasteiger partial charge on any atom is -0.388 e. The van der Waals surface area contributed by atoms with E-state index >= 15 is 0 Å². The minimum atomic E-state index is -0.561. The maximum absolute atomic E-state index is 12.4. The van der Waals surface area contributed by atoms with E-state index in [0.29, 0.717) is 19.5 Å². The number of hydrogen-bond acceptors (Lipinski definition) is 3. The first-order chi connectivity index (χ1) is 10.1. The number of β-amino-alcohol motifs (C(OH)–C–C–N with tert-alkyl or cyclic N) is 1. The molecule has 1 spiro atoms. The van der Waals surface area contributed by atoms with Crippen molar-refractivity contribution in [2.24, 2.45) is 0 Å². The van der Waals surface area contributed by atoms with Crippen molar-refractivity contribution in [1.82, 2.24) is 4.90 Å². The molecule has 2 atom stereocenters. The zero-order valence-electron chi connectivity index (χ0n) is 12.5. The van der Waals surface area contributed by atoms with Gasteiger partial charge in [0.1, 0.15) is 6.10 Å². The van der Waals surface area contributed by atoms with Crippen molar-refractivity contribution in [3.8, 4) is 0 Å². The molecule has 0 aromatic heterocycles. The van der Waals surface area contributed by atoms with Gasteiger partial charge in [-0.1, -0.05) is 24.3 Å². The lowest BCUT2D eigenvalue weighted by molar-refractivity contribution is -0.151. The van der Waals surface area contributed by atoms with E-state index < -0.39 is 6.10 Å². The number of aliphatic hydroxyl groups is 1. The summed E-state index contributed by atoms with van der Waals surface area (Å²) in [5.74, 6) is 0.0937. The van der Waals surface area contributed by atoms with E-state index in [2.05, 4.69) is 0 Å². The quantitative estimate of drug-likeness (QED) is 0.901. The van der Waals surface area contributed by atoms with Crippen LogP contribution in [0, 0.1) is 6.92 Å². The number of aryl methyl sites for hydroxylation is 1. The molecule has 2 fully saturated rings. The van der Waals surface area contributed by atoms with Crippen LogP contribution in [-0.2, 0) is 16.0 Å². The van der Waals surface area contributed by atoms with Gasteiger partial charge in [-0.15, -0.1) is 0 Å². The van der Waals surface area contributed by atoms with Gasteiger partial charge in [0.15, 0.2) is 0 Å². The van der Waals surface area contributed by atoms with E-state index in [4.69, 9.17) is 4.74 Å². The van der Waals surface area contributed by atoms with Crippen molar-refractivity contribution in [2.45, 2.75) is 44.3 Å². The molecule has 1 aromatic carbocycles. The van der Waals surface area contributed by atoms with Crippen LogP contribution in [0.15, 0.2) is 24.3 Å². The Labute approximate surface area is 125 Å². The molecule has 2 aliphatic rings. The minimum absolute atomic E-state index is 0.0937. The van der Waals surface area contributed by atoms with Crippen LogP contribution in [0.4, 0.5) is 0 Å². The second kappa shape index (κ2) is 5.78. The van der Waals surface area contributed by atoms with E-state index in [9.17, 15) is 9.90 Å². The summed E-state index contributed by atoms with van der Waals surface area (Å²) in [5, 5.41) is 10.4. The molecule has 2 aliphatic heterocycles. The molecule has 1 aromatic rings. The zero-order valence-corrected chi connectivity index (χ0v) is 12.5. The first-order valence-electron chi connectivity index (χ1n) is 7.75. The number of rotatable bonds is 2. The summed E-state index contributed by atoms with van der Waals surface area (Å²) in [6, 6.07) is 7.96. The lowest BCUT2D eigenvalue weighted by Crippen LogP contribution is -2.56. The molecule has 2 saturated heterocycles. The molecule has 4 nitrogen and oxygen atoms in total. The number of hydrogen-bond donors (Lipinski definition) is 1. The number of benzene rings is 1. The normalized spacial score (nSPS) is 29.0. The summed E-state index contributed by atoms with van der Waals surface area (Å²) in [4.78, 5) is 14.2. The van der Waals surface area contributed by atoms with Crippen molar-refractivity contribution < 1.29 is 14.6 Å². The van der Waals surface area contributed by atoms with Crippen molar-refractivity contribution in [3.05, 3.63) is 35.4 Å². The van der Waals surface area contributed by atoms with Gasteiger partial charge in [-0.3, -0.25) is 4.79 Å². The Balaban J connectivity index is 1.63. The SMILES string of the molecule is Cc1ccccc1CC(=O)N1CC[C@@]2(CCCO2)[C@@H](O)C1. The molecule has 0 unspecified atom stereocenters. The van der Waals surface area contributed by atoms with Gasteiger partial charge in [0.2, 0.25) is 5.91 Å². The zero-order chi connectivity index (χ0) is 14.9.